The van der Waals surface area contributed by atoms with Gasteiger partial charge >= 0.3 is 0 Å². The predicted octanol–water partition coefficient (Wildman–Crippen LogP) is 4.78. The molecule has 3 aromatic rings. The molecule has 146 valence electrons. The van der Waals surface area contributed by atoms with E-state index in [4.69, 9.17) is 10.00 Å². The van der Waals surface area contributed by atoms with E-state index in [0.29, 0.717) is 23.6 Å². The molecule has 0 spiro atoms. The molecular weight excluding hydrogens is 362 g/mol. The van der Waals surface area contributed by atoms with Crippen molar-refractivity contribution >= 4 is 11.6 Å². The number of benzene rings is 3. The van der Waals surface area contributed by atoms with Crippen LogP contribution >= 0.6 is 0 Å². The van der Waals surface area contributed by atoms with Gasteiger partial charge in [0.2, 0.25) is 5.91 Å². The van der Waals surface area contributed by atoms with Gasteiger partial charge in [-0.2, -0.15) is 5.26 Å². The van der Waals surface area contributed by atoms with Gasteiger partial charge in [-0.15, -0.1) is 0 Å². The van der Waals surface area contributed by atoms with Crippen LogP contribution < -0.4 is 15.4 Å². The number of aryl methyl sites for hydroxylation is 1. The van der Waals surface area contributed by atoms with Gasteiger partial charge in [0.15, 0.2) is 0 Å². The van der Waals surface area contributed by atoms with E-state index < -0.39 is 0 Å². The van der Waals surface area contributed by atoms with E-state index in [1.807, 2.05) is 56.3 Å². The van der Waals surface area contributed by atoms with Crippen LogP contribution in [0, 0.1) is 18.3 Å². The molecule has 0 aliphatic rings. The van der Waals surface area contributed by atoms with Crippen LogP contribution in [0.25, 0.3) is 0 Å². The molecule has 1 atom stereocenters. The summed E-state index contributed by atoms with van der Waals surface area (Å²) in [4.78, 5) is 12.3. The van der Waals surface area contributed by atoms with Crippen molar-refractivity contribution in [1.82, 2.24) is 5.32 Å². The van der Waals surface area contributed by atoms with Crippen LogP contribution in [0.3, 0.4) is 0 Å². The quantitative estimate of drug-likeness (QED) is 0.614. The Bertz CT molecular complexity index is 1010. The summed E-state index contributed by atoms with van der Waals surface area (Å²) in [6.07, 6.45) is 0. The van der Waals surface area contributed by atoms with Crippen molar-refractivity contribution in [2.75, 3.05) is 5.32 Å². The fourth-order valence-electron chi connectivity index (χ4n) is 2.76. The molecule has 1 unspecified atom stereocenters. The van der Waals surface area contributed by atoms with Gasteiger partial charge in [-0.05, 0) is 55.8 Å². The molecule has 5 heteroatoms. The van der Waals surface area contributed by atoms with Gasteiger partial charge in [0.1, 0.15) is 23.6 Å². The zero-order chi connectivity index (χ0) is 20.6. The van der Waals surface area contributed by atoms with Crippen LogP contribution in [0.4, 0.5) is 5.69 Å². The third kappa shape index (κ3) is 5.60. The summed E-state index contributed by atoms with van der Waals surface area (Å²) in [5, 5.41) is 15.3. The molecule has 0 saturated heterocycles. The summed E-state index contributed by atoms with van der Waals surface area (Å²) in [5.41, 5.74) is 3.55. The van der Waals surface area contributed by atoms with Crippen LogP contribution in [0.15, 0.2) is 72.8 Å². The average molecular weight is 385 g/mol. The number of nitrogens with one attached hydrogen (secondary N) is 2. The standard InChI is InChI=1S/C24H23N3O2/c1-17-7-9-19(10-8-17)16-26-24(28)18(2)27-21-11-13-22(14-12-21)29-23-6-4-3-5-20(23)15-25/h3-14,18,27H,16H2,1-2H3,(H,26,28). The number of ether oxygens (including phenoxy) is 1. The molecule has 0 heterocycles. The third-order valence-corrected chi connectivity index (χ3v) is 4.45. The van der Waals surface area contributed by atoms with Crippen molar-refractivity contribution < 1.29 is 9.53 Å². The first-order chi connectivity index (χ1) is 14.0. The average Bonchev–Trinajstić information content (AvgIpc) is 2.75. The predicted molar refractivity (Wildman–Crippen MR) is 114 cm³/mol. The maximum absolute atomic E-state index is 12.3. The van der Waals surface area contributed by atoms with Gasteiger partial charge in [-0.1, -0.05) is 42.0 Å². The number of hydrogen-bond donors (Lipinski definition) is 2. The fourth-order valence-corrected chi connectivity index (χ4v) is 2.76. The zero-order valence-electron chi connectivity index (χ0n) is 16.5. The summed E-state index contributed by atoms with van der Waals surface area (Å²) in [6, 6.07) is 24.2. The lowest BCUT2D eigenvalue weighted by Gasteiger charge is -2.16. The van der Waals surface area contributed by atoms with Crippen molar-refractivity contribution in [2.45, 2.75) is 26.4 Å². The minimum Gasteiger partial charge on any atom is -0.456 e. The van der Waals surface area contributed by atoms with Crippen LogP contribution in [0.5, 0.6) is 11.5 Å². The maximum Gasteiger partial charge on any atom is 0.242 e. The van der Waals surface area contributed by atoms with Crippen LogP contribution in [0.1, 0.15) is 23.6 Å². The number of nitriles is 1. The first-order valence-electron chi connectivity index (χ1n) is 9.42. The molecule has 0 saturated carbocycles. The third-order valence-electron chi connectivity index (χ3n) is 4.45. The Morgan fingerprint density at radius 3 is 2.41 bits per heavy atom. The molecule has 0 aliphatic carbocycles. The molecule has 0 aromatic heterocycles. The highest BCUT2D eigenvalue weighted by Crippen LogP contribution is 2.26. The van der Waals surface area contributed by atoms with Gasteiger partial charge in [-0.3, -0.25) is 4.79 Å². The molecule has 0 bridgehead atoms. The second-order valence-corrected chi connectivity index (χ2v) is 6.80. The van der Waals surface area contributed by atoms with E-state index in [1.165, 1.54) is 5.56 Å². The van der Waals surface area contributed by atoms with Gasteiger partial charge in [0.05, 0.1) is 5.56 Å². The SMILES string of the molecule is Cc1ccc(CNC(=O)C(C)Nc2ccc(Oc3ccccc3C#N)cc2)cc1. The smallest absolute Gasteiger partial charge is 0.242 e. The molecule has 29 heavy (non-hydrogen) atoms. The Labute approximate surface area is 171 Å². The van der Waals surface area contributed by atoms with Crippen LogP contribution in [-0.2, 0) is 11.3 Å². The first-order valence-corrected chi connectivity index (χ1v) is 9.42. The van der Waals surface area contributed by atoms with Gasteiger partial charge in [0, 0.05) is 12.2 Å². The molecular formula is C24H23N3O2. The van der Waals surface area contributed by atoms with Crippen molar-refractivity contribution in [3.05, 3.63) is 89.5 Å². The Morgan fingerprint density at radius 2 is 1.72 bits per heavy atom. The summed E-state index contributed by atoms with van der Waals surface area (Å²) in [5.74, 6) is 1.06. The highest BCUT2D eigenvalue weighted by molar-refractivity contribution is 5.84. The summed E-state index contributed by atoms with van der Waals surface area (Å²) >= 11 is 0. The number of carbonyl (C=O) groups excluding carboxylic acids is 1. The number of nitrogens with zero attached hydrogens (tertiary/aromatic N) is 1. The van der Waals surface area contributed by atoms with E-state index in [9.17, 15) is 4.79 Å². The van der Waals surface area contributed by atoms with Gasteiger partial charge < -0.3 is 15.4 Å². The number of amides is 1. The summed E-state index contributed by atoms with van der Waals surface area (Å²) in [6.45, 7) is 4.35. The van der Waals surface area contributed by atoms with E-state index in [-0.39, 0.29) is 11.9 Å². The maximum atomic E-state index is 12.3. The van der Waals surface area contributed by atoms with Gasteiger partial charge in [-0.25, -0.2) is 0 Å². The Hall–Kier alpha value is -3.78. The summed E-state index contributed by atoms with van der Waals surface area (Å²) in [7, 11) is 0. The minimum atomic E-state index is -0.383. The van der Waals surface area contributed by atoms with E-state index in [2.05, 4.69) is 16.7 Å². The van der Waals surface area contributed by atoms with Crippen molar-refractivity contribution in [3.8, 4) is 17.6 Å². The molecule has 0 radical (unpaired) electrons. The van der Waals surface area contributed by atoms with E-state index in [0.717, 1.165) is 11.3 Å². The molecule has 0 fully saturated rings. The molecule has 2 N–H and O–H groups in total. The van der Waals surface area contributed by atoms with Crippen molar-refractivity contribution in [3.63, 3.8) is 0 Å². The van der Waals surface area contributed by atoms with Crippen LogP contribution in [0.2, 0.25) is 0 Å². The lowest BCUT2D eigenvalue weighted by Crippen LogP contribution is -2.37. The van der Waals surface area contributed by atoms with Crippen LogP contribution in [-0.4, -0.2) is 11.9 Å². The molecule has 0 aliphatic heterocycles. The lowest BCUT2D eigenvalue weighted by atomic mass is 10.1. The Morgan fingerprint density at radius 1 is 1.03 bits per heavy atom. The van der Waals surface area contributed by atoms with E-state index in [1.54, 1.807) is 30.3 Å². The minimum absolute atomic E-state index is 0.0751. The van der Waals surface area contributed by atoms with Gasteiger partial charge in [0.25, 0.3) is 0 Å². The first kappa shape index (κ1) is 20.0. The zero-order valence-corrected chi connectivity index (χ0v) is 16.5. The highest BCUT2D eigenvalue weighted by Gasteiger charge is 2.12. The number of carbonyl (C=O) groups is 1. The second kappa shape index (κ2) is 9.43. The Balaban J connectivity index is 1.54. The summed E-state index contributed by atoms with van der Waals surface area (Å²) < 4.78 is 5.77. The van der Waals surface area contributed by atoms with Crippen molar-refractivity contribution in [1.29, 1.82) is 5.26 Å². The Kier molecular flexibility index (Phi) is 6.49. The number of hydrogen-bond acceptors (Lipinski definition) is 4. The fraction of sp³-hybridized carbons (Fsp3) is 0.167. The van der Waals surface area contributed by atoms with Crippen molar-refractivity contribution in [2.24, 2.45) is 0 Å². The molecule has 3 rings (SSSR count). The highest BCUT2D eigenvalue weighted by atomic mass is 16.5. The normalized spacial score (nSPS) is 11.2. The monoisotopic (exact) mass is 385 g/mol. The molecule has 3 aromatic carbocycles. The number of anilines is 1. The largest absolute Gasteiger partial charge is 0.456 e. The molecule has 1 amide bonds. The topological polar surface area (TPSA) is 74.2 Å². The number of rotatable bonds is 7. The lowest BCUT2D eigenvalue weighted by molar-refractivity contribution is -0.121. The second-order valence-electron chi connectivity index (χ2n) is 6.80. The number of para-hydroxylation sites is 1. The molecule has 5 nitrogen and oxygen atoms in total. The van der Waals surface area contributed by atoms with E-state index >= 15 is 0 Å².